The molecule has 0 fully saturated rings. The Labute approximate surface area is 196 Å². The first-order valence-electron chi connectivity index (χ1n) is 10.9. The van der Waals surface area contributed by atoms with E-state index >= 15 is 0 Å². The number of amides is 1. The number of nitrogens with zero attached hydrogens (tertiary/aromatic N) is 1. The Balaban J connectivity index is 1.69. The number of carbonyl (C=O) groups is 1. The molecule has 0 aliphatic heterocycles. The van der Waals surface area contributed by atoms with Crippen molar-refractivity contribution in [3.63, 3.8) is 0 Å². The minimum absolute atomic E-state index is 0.134. The first-order valence-corrected chi connectivity index (χ1v) is 12.4. The third-order valence-corrected chi connectivity index (χ3v) is 7.21. The Bertz CT molecular complexity index is 1180. The van der Waals surface area contributed by atoms with Crippen LogP contribution in [0, 0.1) is 13.8 Å². The highest BCUT2D eigenvalue weighted by Gasteiger charge is 2.27. The molecule has 0 aromatic heterocycles. The fourth-order valence-corrected chi connectivity index (χ4v) is 4.72. The van der Waals surface area contributed by atoms with Crippen LogP contribution in [0.25, 0.3) is 0 Å². The van der Waals surface area contributed by atoms with Crippen LogP contribution >= 0.6 is 0 Å². The molecular formula is C26H30N2O4S. The molecule has 6 nitrogen and oxygen atoms in total. The van der Waals surface area contributed by atoms with Gasteiger partial charge in [0.2, 0.25) is 5.91 Å². The number of sulfonamides is 1. The summed E-state index contributed by atoms with van der Waals surface area (Å²) < 4.78 is 33.5. The number of hydrogen-bond donors (Lipinski definition) is 1. The fraction of sp³-hybridized carbons (Fsp3) is 0.269. The largest absolute Gasteiger partial charge is 0.492 e. The van der Waals surface area contributed by atoms with Gasteiger partial charge in [0.25, 0.3) is 10.0 Å². The van der Waals surface area contributed by atoms with Crippen LogP contribution in [-0.2, 0) is 21.2 Å². The number of benzene rings is 3. The number of aryl methyl sites for hydroxylation is 3. The second-order valence-electron chi connectivity index (χ2n) is 7.79. The highest BCUT2D eigenvalue weighted by Crippen LogP contribution is 2.25. The smallest absolute Gasteiger partial charge is 0.264 e. The van der Waals surface area contributed by atoms with Crippen molar-refractivity contribution in [3.05, 3.63) is 89.5 Å². The molecule has 1 amide bonds. The van der Waals surface area contributed by atoms with Crippen LogP contribution in [0.4, 0.5) is 5.69 Å². The minimum Gasteiger partial charge on any atom is -0.492 e. The molecular weight excluding hydrogens is 436 g/mol. The van der Waals surface area contributed by atoms with Gasteiger partial charge in [0.1, 0.15) is 18.9 Å². The van der Waals surface area contributed by atoms with E-state index < -0.39 is 15.9 Å². The Kier molecular flexibility index (Phi) is 8.11. The van der Waals surface area contributed by atoms with Crippen molar-refractivity contribution in [1.82, 2.24) is 5.32 Å². The van der Waals surface area contributed by atoms with E-state index in [0.29, 0.717) is 5.69 Å². The van der Waals surface area contributed by atoms with Gasteiger partial charge in [0.05, 0.1) is 17.1 Å². The SMILES string of the molecule is CCc1ccc(OCCNC(=O)CN(c2ccc(C)c(C)c2)S(=O)(=O)c2ccccc2)cc1. The number of anilines is 1. The van der Waals surface area contributed by atoms with E-state index in [1.807, 2.05) is 44.2 Å². The molecule has 0 heterocycles. The van der Waals surface area contributed by atoms with Crippen molar-refractivity contribution in [2.45, 2.75) is 32.1 Å². The second kappa shape index (κ2) is 11.0. The molecule has 0 radical (unpaired) electrons. The van der Waals surface area contributed by atoms with Crippen molar-refractivity contribution in [1.29, 1.82) is 0 Å². The Morgan fingerprint density at radius 3 is 2.27 bits per heavy atom. The molecule has 1 N–H and O–H groups in total. The summed E-state index contributed by atoms with van der Waals surface area (Å²) >= 11 is 0. The molecule has 174 valence electrons. The summed E-state index contributed by atoms with van der Waals surface area (Å²) in [5.74, 6) is 0.322. The van der Waals surface area contributed by atoms with Gasteiger partial charge in [-0.05, 0) is 73.4 Å². The molecule has 3 rings (SSSR count). The zero-order valence-electron chi connectivity index (χ0n) is 19.2. The maximum Gasteiger partial charge on any atom is 0.264 e. The van der Waals surface area contributed by atoms with Crippen LogP contribution in [0.15, 0.2) is 77.7 Å². The van der Waals surface area contributed by atoms with Gasteiger partial charge in [0.15, 0.2) is 0 Å². The maximum absolute atomic E-state index is 13.4. The van der Waals surface area contributed by atoms with E-state index in [4.69, 9.17) is 4.74 Å². The molecule has 0 spiro atoms. The first kappa shape index (κ1) is 24.3. The van der Waals surface area contributed by atoms with Crippen molar-refractivity contribution < 1.29 is 17.9 Å². The molecule has 0 aliphatic carbocycles. The lowest BCUT2D eigenvalue weighted by atomic mass is 10.1. The molecule has 3 aromatic rings. The van der Waals surface area contributed by atoms with E-state index in [9.17, 15) is 13.2 Å². The summed E-state index contributed by atoms with van der Waals surface area (Å²) in [4.78, 5) is 12.8. The van der Waals surface area contributed by atoms with Gasteiger partial charge in [-0.1, -0.05) is 43.3 Å². The van der Waals surface area contributed by atoms with E-state index in [0.717, 1.165) is 27.6 Å². The summed E-state index contributed by atoms with van der Waals surface area (Å²) in [7, 11) is -3.92. The summed E-state index contributed by atoms with van der Waals surface area (Å²) in [6, 6.07) is 21.3. The molecule has 33 heavy (non-hydrogen) atoms. The van der Waals surface area contributed by atoms with Gasteiger partial charge in [-0.15, -0.1) is 0 Å². The zero-order chi connectivity index (χ0) is 23.8. The van der Waals surface area contributed by atoms with E-state index in [1.54, 1.807) is 30.3 Å². The summed E-state index contributed by atoms with van der Waals surface area (Å²) in [5.41, 5.74) is 3.67. The number of carbonyl (C=O) groups excluding carboxylic acids is 1. The lowest BCUT2D eigenvalue weighted by Gasteiger charge is -2.25. The molecule has 7 heteroatoms. The average Bonchev–Trinajstić information content (AvgIpc) is 2.83. The van der Waals surface area contributed by atoms with Gasteiger partial charge in [-0.25, -0.2) is 8.42 Å². The van der Waals surface area contributed by atoms with Crippen molar-refractivity contribution in [2.75, 3.05) is 24.0 Å². The van der Waals surface area contributed by atoms with E-state index in [1.165, 1.54) is 17.7 Å². The van der Waals surface area contributed by atoms with Crippen LogP contribution in [0.1, 0.15) is 23.6 Å². The fourth-order valence-electron chi connectivity index (χ4n) is 3.28. The van der Waals surface area contributed by atoms with Crippen molar-refractivity contribution in [3.8, 4) is 5.75 Å². The lowest BCUT2D eigenvalue weighted by Crippen LogP contribution is -2.42. The lowest BCUT2D eigenvalue weighted by molar-refractivity contribution is -0.119. The Morgan fingerprint density at radius 1 is 0.939 bits per heavy atom. The highest BCUT2D eigenvalue weighted by atomic mass is 32.2. The van der Waals surface area contributed by atoms with Crippen LogP contribution in [0.2, 0.25) is 0 Å². The van der Waals surface area contributed by atoms with Gasteiger partial charge >= 0.3 is 0 Å². The monoisotopic (exact) mass is 466 g/mol. The van der Waals surface area contributed by atoms with Crippen molar-refractivity contribution >= 4 is 21.6 Å². The zero-order valence-corrected chi connectivity index (χ0v) is 20.1. The predicted octanol–water partition coefficient (Wildman–Crippen LogP) is 4.26. The minimum atomic E-state index is -3.92. The van der Waals surface area contributed by atoms with Gasteiger partial charge in [-0.2, -0.15) is 0 Å². The van der Waals surface area contributed by atoms with Gasteiger partial charge in [0, 0.05) is 0 Å². The normalized spacial score (nSPS) is 11.1. The summed E-state index contributed by atoms with van der Waals surface area (Å²) in [6.07, 6.45) is 0.958. The third-order valence-electron chi connectivity index (χ3n) is 5.42. The molecule has 0 aliphatic rings. The van der Waals surface area contributed by atoms with Crippen LogP contribution in [0.5, 0.6) is 5.75 Å². The van der Waals surface area contributed by atoms with Crippen LogP contribution < -0.4 is 14.4 Å². The van der Waals surface area contributed by atoms with Gasteiger partial charge in [-0.3, -0.25) is 9.10 Å². The molecule has 0 bridgehead atoms. The van der Waals surface area contributed by atoms with E-state index in [-0.39, 0.29) is 24.6 Å². The molecule has 0 saturated heterocycles. The van der Waals surface area contributed by atoms with E-state index in [2.05, 4.69) is 12.2 Å². The Hall–Kier alpha value is -3.32. The predicted molar refractivity (Wildman–Crippen MR) is 131 cm³/mol. The average molecular weight is 467 g/mol. The van der Waals surface area contributed by atoms with Gasteiger partial charge < -0.3 is 10.1 Å². The highest BCUT2D eigenvalue weighted by molar-refractivity contribution is 7.92. The van der Waals surface area contributed by atoms with Crippen LogP contribution in [0.3, 0.4) is 0 Å². The number of nitrogens with one attached hydrogen (secondary N) is 1. The summed E-state index contributed by atoms with van der Waals surface area (Å²) in [6.45, 7) is 6.18. The topological polar surface area (TPSA) is 75.7 Å². The number of hydrogen-bond acceptors (Lipinski definition) is 4. The number of rotatable bonds is 10. The molecule has 3 aromatic carbocycles. The summed E-state index contributed by atoms with van der Waals surface area (Å²) in [5, 5.41) is 2.76. The molecule has 0 unspecified atom stereocenters. The van der Waals surface area contributed by atoms with Crippen LogP contribution in [-0.4, -0.2) is 34.0 Å². The quantitative estimate of drug-likeness (QED) is 0.453. The maximum atomic E-state index is 13.4. The number of ether oxygens (including phenoxy) is 1. The Morgan fingerprint density at radius 2 is 1.64 bits per heavy atom. The van der Waals surface area contributed by atoms with Crippen molar-refractivity contribution in [2.24, 2.45) is 0 Å². The second-order valence-corrected chi connectivity index (χ2v) is 9.65. The first-order chi connectivity index (χ1) is 15.8. The molecule has 0 saturated carbocycles. The third kappa shape index (κ3) is 6.35. The molecule has 0 atom stereocenters. The standard InChI is InChI=1S/C26H30N2O4S/c1-4-22-11-14-24(15-12-22)32-17-16-27-26(29)19-28(23-13-10-20(2)21(3)18-23)33(30,31)25-8-6-5-7-9-25/h5-15,18H,4,16-17,19H2,1-3H3,(H,27,29).